The standard InChI is InChI=1S/C14H18N4O5S/c15-14(19)7-23-13-3-4-22-6-12(13)18-24(20,21)9-1-2-10-11(5-9)17-8-16-10/h1-2,5,8,12-13,18H,3-4,6-7H2,(H2,15,19)(H,16,17)/t12-,13+/m1/s1. The van der Waals surface area contributed by atoms with Gasteiger partial charge < -0.3 is 20.2 Å². The number of aromatic nitrogens is 2. The van der Waals surface area contributed by atoms with Crippen molar-refractivity contribution < 1.29 is 22.7 Å². The van der Waals surface area contributed by atoms with Gasteiger partial charge in [-0.3, -0.25) is 4.79 Å². The van der Waals surface area contributed by atoms with E-state index in [4.69, 9.17) is 15.2 Å². The highest BCUT2D eigenvalue weighted by Gasteiger charge is 2.31. The van der Waals surface area contributed by atoms with Crippen LogP contribution in [0.5, 0.6) is 0 Å². The van der Waals surface area contributed by atoms with E-state index in [1.165, 1.54) is 18.5 Å². The van der Waals surface area contributed by atoms with Gasteiger partial charge in [0.25, 0.3) is 0 Å². The van der Waals surface area contributed by atoms with E-state index in [9.17, 15) is 13.2 Å². The van der Waals surface area contributed by atoms with E-state index in [1.807, 2.05) is 0 Å². The Kier molecular flexibility index (Phi) is 4.81. The van der Waals surface area contributed by atoms with E-state index >= 15 is 0 Å². The fourth-order valence-electron chi connectivity index (χ4n) is 2.57. The van der Waals surface area contributed by atoms with Crippen molar-refractivity contribution in [3.05, 3.63) is 24.5 Å². The molecule has 0 saturated carbocycles. The fraction of sp³-hybridized carbons (Fsp3) is 0.429. The molecule has 0 bridgehead atoms. The molecule has 1 aliphatic heterocycles. The number of ether oxygens (including phenoxy) is 2. The molecule has 4 N–H and O–H groups in total. The number of fused-ring (bicyclic) bond motifs is 1. The molecule has 2 atom stereocenters. The Labute approximate surface area is 138 Å². The predicted molar refractivity (Wildman–Crippen MR) is 84.6 cm³/mol. The number of nitrogens with one attached hydrogen (secondary N) is 2. The summed E-state index contributed by atoms with van der Waals surface area (Å²) >= 11 is 0. The molecule has 1 aromatic heterocycles. The van der Waals surface area contributed by atoms with Crippen LogP contribution in [0.1, 0.15) is 6.42 Å². The van der Waals surface area contributed by atoms with E-state index in [0.29, 0.717) is 24.1 Å². The number of imidazole rings is 1. The van der Waals surface area contributed by atoms with Crippen LogP contribution in [0, 0.1) is 0 Å². The van der Waals surface area contributed by atoms with Crippen LogP contribution in [0.4, 0.5) is 0 Å². The maximum absolute atomic E-state index is 12.6. The number of sulfonamides is 1. The summed E-state index contributed by atoms with van der Waals surface area (Å²) in [5.41, 5.74) is 6.38. The summed E-state index contributed by atoms with van der Waals surface area (Å²) in [6.45, 7) is 0.333. The molecule has 0 spiro atoms. The second-order valence-electron chi connectivity index (χ2n) is 5.49. The number of amides is 1. The Morgan fingerprint density at radius 2 is 2.33 bits per heavy atom. The van der Waals surface area contributed by atoms with Crippen molar-refractivity contribution >= 4 is 27.0 Å². The number of carbonyl (C=O) groups excluding carboxylic acids is 1. The normalized spacial score (nSPS) is 21.8. The van der Waals surface area contributed by atoms with Gasteiger partial charge in [0.05, 0.1) is 41.0 Å². The number of aromatic amines is 1. The van der Waals surface area contributed by atoms with Crippen molar-refractivity contribution in [3.63, 3.8) is 0 Å². The smallest absolute Gasteiger partial charge is 0.243 e. The quantitative estimate of drug-likeness (QED) is 0.640. The van der Waals surface area contributed by atoms with Gasteiger partial charge in [0, 0.05) is 6.61 Å². The zero-order chi connectivity index (χ0) is 17.2. The maximum atomic E-state index is 12.6. The van der Waals surface area contributed by atoms with Crippen LogP contribution >= 0.6 is 0 Å². The Bertz CT molecular complexity index is 835. The first-order chi connectivity index (χ1) is 11.5. The van der Waals surface area contributed by atoms with Crippen LogP contribution in [0.2, 0.25) is 0 Å². The molecule has 0 radical (unpaired) electrons. The first-order valence-electron chi connectivity index (χ1n) is 7.39. The Morgan fingerprint density at radius 3 is 3.12 bits per heavy atom. The van der Waals surface area contributed by atoms with Gasteiger partial charge in [-0.15, -0.1) is 0 Å². The third-order valence-electron chi connectivity index (χ3n) is 3.74. The molecule has 130 valence electrons. The Hall–Kier alpha value is -2.01. The van der Waals surface area contributed by atoms with Crippen LogP contribution < -0.4 is 10.5 Å². The van der Waals surface area contributed by atoms with Crippen LogP contribution in [0.3, 0.4) is 0 Å². The topological polar surface area (TPSA) is 136 Å². The highest BCUT2D eigenvalue weighted by Crippen LogP contribution is 2.19. The van der Waals surface area contributed by atoms with Crippen molar-refractivity contribution in [1.29, 1.82) is 0 Å². The summed E-state index contributed by atoms with van der Waals surface area (Å²) in [6.07, 6.45) is 1.49. The fourth-order valence-corrected chi connectivity index (χ4v) is 3.84. The van der Waals surface area contributed by atoms with Crippen molar-refractivity contribution in [3.8, 4) is 0 Å². The minimum absolute atomic E-state index is 0.110. The monoisotopic (exact) mass is 354 g/mol. The van der Waals surface area contributed by atoms with Crippen LogP contribution in [-0.4, -0.2) is 56.3 Å². The molecular weight excluding hydrogens is 336 g/mol. The lowest BCUT2D eigenvalue weighted by Gasteiger charge is -2.31. The molecule has 1 fully saturated rings. The number of carbonyl (C=O) groups is 1. The first-order valence-corrected chi connectivity index (χ1v) is 8.87. The van der Waals surface area contributed by atoms with Crippen molar-refractivity contribution in [2.75, 3.05) is 19.8 Å². The molecule has 0 unspecified atom stereocenters. The molecule has 1 amide bonds. The number of hydrogen-bond acceptors (Lipinski definition) is 6. The number of H-pyrrole nitrogens is 1. The number of hydrogen-bond donors (Lipinski definition) is 3. The molecule has 2 aromatic rings. The summed E-state index contributed by atoms with van der Waals surface area (Å²) in [5, 5.41) is 0. The number of primary amides is 1. The van der Waals surface area contributed by atoms with Gasteiger partial charge in [-0.25, -0.2) is 18.1 Å². The molecular formula is C14H18N4O5S. The minimum Gasteiger partial charge on any atom is -0.380 e. The number of nitrogens with zero attached hydrogens (tertiary/aromatic N) is 1. The van der Waals surface area contributed by atoms with Gasteiger partial charge in [0.1, 0.15) is 6.61 Å². The van der Waals surface area contributed by atoms with E-state index in [1.54, 1.807) is 6.07 Å². The number of rotatable bonds is 6. The average Bonchev–Trinajstić information content (AvgIpc) is 3.01. The number of benzene rings is 1. The van der Waals surface area contributed by atoms with Gasteiger partial charge in [0.15, 0.2) is 0 Å². The molecule has 10 heteroatoms. The van der Waals surface area contributed by atoms with Crippen LogP contribution in [-0.2, 0) is 24.3 Å². The second-order valence-corrected chi connectivity index (χ2v) is 7.20. The molecule has 1 aliphatic rings. The molecule has 0 aliphatic carbocycles. The number of nitrogens with two attached hydrogens (primary N) is 1. The Balaban J connectivity index is 1.77. The third-order valence-corrected chi connectivity index (χ3v) is 5.23. The summed E-state index contributed by atoms with van der Waals surface area (Å²) in [5.74, 6) is -0.604. The van der Waals surface area contributed by atoms with Crippen molar-refractivity contribution in [2.45, 2.75) is 23.5 Å². The molecule has 1 aromatic carbocycles. The van der Waals surface area contributed by atoms with E-state index < -0.39 is 28.1 Å². The molecule has 24 heavy (non-hydrogen) atoms. The lowest BCUT2D eigenvalue weighted by Crippen LogP contribution is -2.51. The SMILES string of the molecule is NC(=O)CO[C@H]1CCOC[C@H]1NS(=O)(=O)c1ccc2nc[nH]c2c1. The van der Waals surface area contributed by atoms with Gasteiger partial charge >= 0.3 is 0 Å². The lowest BCUT2D eigenvalue weighted by atomic mass is 10.1. The largest absolute Gasteiger partial charge is 0.380 e. The second kappa shape index (κ2) is 6.85. The van der Waals surface area contributed by atoms with Crippen LogP contribution in [0.15, 0.2) is 29.4 Å². The summed E-state index contributed by atoms with van der Waals surface area (Å²) in [6, 6.07) is 4.02. The molecule has 3 rings (SSSR count). The average molecular weight is 354 g/mol. The molecule has 9 nitrogen and oxygen atoms in total. The van der Waals surface area contributed by atoms with Crippen molar-refractivity contribution in [1.82, 2.24) is 14.7 Å². The van der Waals surface area contributed by atoms with Gasteiger partial charge in [-0.1, -0.05) is 0 Å². The van der Waals surface area contributed by atoms with Gasteiger partial charge in [-0.2, -0.15) is 0 Å². The highest BCUT2D eigenvalue weighted by atomic mass is 32.2. The highest BCUT2D eigenvalue weighted by molar-refractivity contribution is 7.89. The summed E-state index contributed by atoms with van der Waals surface area (Å²) in [7, 11) is -3.77. The predicted octanol–water partition coefficient (Wildman–Crippen LogP) is -0.499. The first kappa shape index (κ1) is 16.8. The van der Waals surface area contributed by atoms with Gasteiger partial charge in [-0.05, 0) is 24.6 Å². The minimum atomic E-state index is -3.77. The Morgan fingerprint density at radius 1 is 1.50 bits per heavy atom. The van der Waals surface area contributed by atoms with E-state index in [2.05, 4.69) is 14.7 Å². The maximum Gasteiger partial charge on any atom is 0.243 e. The van der Waals surface area contributed by atoms with Crippen molar-refractivity contribution in [2.24, 2.45) is 5.73 Å². The molecule has 1 saturated heterocycles. The zero-order valence-electron chi connectivity index (χ0n) is 12.8. The summed E-state index contributed by atoms with van der Waals surface area (Å²) in [4.78, 5) is 17.9. The van der Waals surface area contributed by atoms with Gasteiger partial charge in [0.2, 0.25) is 15.9 Å². The van der Waals surface area contributed by atoms with E-state index in [-0.39, 0.29) is 18.1 Å². The molecule has 2 heterocycles. The lowest BCUT2D eigenvalue weighted by molar-refractivity contribution is -0.127. The zero-order valence-corrected chi connectivity index (χ0v) is 13.6. The van der Waals surface area contributed by atoms with Crippen LogP contribution in [0.25, 0.3) is 11.0 Å². The third kappa shape index (κ3) is 3.73. The van der Waals surface area contributed by atoms with E-state index in [0.717, 1.165) is 0 Å². The summed E-state index contributed by atoms with van der Waals surface area (Å²) < 4.78 is 38.5.